The van der Waals surface area contributed by atoms with Crippen LogP contribution in [0, 0.1) is 0 Å². The molecule has 0 amide bonds. The molecule has 1 rings (SSSR count). The summed E-state index contributed by atoms with van der Waals surface area (Å²) in [5.41, 5.74) is 0. The van der Waals surface area contributed by atoms with Crippen molar-refractivity contribution in [2.24, 2.45) is 0 Å². The van der Waals surface area contributed by atoms with Crippen molar-refractivity contribution in [2.45, 2.75) is 51.7 Å². The number of likely N-dealkylation sites (N-methyl/N-ethyl adjacent to an activating group) is 2. The van der Waals surface area contributed by atoms with E-state index in [9.17, 15) is 0 Å². The van der Waals surface area contributed by atoms with E-state index in [0.717, 1.165) is 12.6 Å². The molecule has 0 bridgehead atoms. The van der Waals surface area contributed by atoms with Gasteiger partial charge in [-0.05, 0) is 40.4 Å². The molecule has 1 aliphatic rings. The van der Waals surface area contributed by atoms with Crippen molar-refractivity contribution in [3.63, 3.8) is 0 Å². The molecular formula is C13H29N3. The van der Waals surface area contributed by atoms with E-state index in [-0.39, 0.29) is 0 Å². The van der Waals surface area contributed by atoms with Gasteiger partial charge in [0.2, 0.25) is 0 Å². The monoisotopic (exact) mass is 227 g/mol. The number of likely N-dealkylation sites (tertiary alicyclic amines) is 1. The second kappa shape index (κ2) is 6.58. The van der Waals surface area contributed by atoms with E-state index in [4.69, 9.17) is 0 Å². The minimum Gasteiger partial charge on any atom is -0.313 e. The molecule has 1 N–H and O–H groups in total. The molecule has 0 aromatic carbocycles. The van der Waals surface area contributed by atoms with Gasteiger partial charge >= 0.3 is 0 Å². The molecule has 0 aliphatic carbocycles. The fraction of sp³-hybridized carbons (Fsp3) is 1.00. The molecule has 1 aliphatic heterocycles. The molecule has 3 nitrogen and oxygen atoms in total. The van der Waals surface area contributed by atoms with Gasteiger partial charge < -0.3 is 10.2 Å². The Morgan fingerprint density at radius 1 is 1.38 bits per heavy atom. The summed E-state index contributed by atoms with van der Waals surface area (Å²) in [6, 6.07) is 2.06. The third-order valence-corrected chi connectivity index (χ3v) is 3.99. The summed E-state index contributed by atoms with van der Waals surface area (Å²) in [5.74, 6) is 0. The SMILES string of the molecule is CCNC(CC)C(C)N1CCC(N(C)C)C1. The number of rotatable bonds is 6. The van der Waals surface area contributed by atoms with Crippen molar-refractivity contribution in [1.82, 2.24) is 15.1 Å². The summed E-state index contributed by atoms with van der Waals surface area (Å²) in [6.07, 6.45) is 2.54. The van der Waals surface area contributed by atoms with Crippen LogP contribution >= 0.6 is 0 Å². The highest BCUT2D eigenvalue weighted by atomic mass is 15.3. The number of nitrogens with one attached hydrogen (secondary N) is 1. The lowest BCUT2D eigenvalue weighted by Gasteiger charge is -2.32. The largest absolute Gasteiger partial charge is 0.313 e. The summed E-state index contributed by atoms with van der Waals surface area (Å²) < 4.78 is 0. The van der Waals surface area contributed by atoms with Crippen molar-refractivity contribution in [2.75, 3.05) is 33.7 Å². The normalized spacial score (nSPS) is 26.2. The number of nitrogens with zero attached hydrogens (tertiary/aromatic N) is 2. The lowest BCUT2D eigenvalue weighted by atomic mass is 10.1. The molecule has 0 aromatic rings. The fourth-order valence-electron chi connectivity index (χ4n) is 2.73. The van der Waals surface area contributed by atoms with Crippen LogP contribution in [0.3, 0.4) is 0 Å². The van der Waals surface area contributed by atoms with Crippen LogP contribution in [0.2, 0.25) is 0 Å². The molecule has 3 heteroatoms. The maximum atomic E-state index is 3.60. The van der Waals surface area contributed by atoms with Crippen LogP contribution in [0.4, 0.5) is 0 Å². The molecule has 0 aromatic heterocycles. The summed E-state index contributed by atoms with van der Waals surface area (Å²) in [6.45, 7) is 10.4. The molecule has 0 spiro atoms. The zero-order valence-corrected chi connectivity index (χ0v) is 11.7. The van der Waals surface area contributed by atoms with Gasteiger partial charge in [0, 0.05) is 31.2 Å². The van der Waals surface area contributed by atoms with E-state index in [2.05, 4.69) is 50.0 Å². The van der Waals surface area contributed by atoms with Gasteiger partial charge in [0.1, 0.15) is 0 Å². The van der Waals surface area contributed by atoms with E-state index in [0.29, 0.717) is 12.1 Å². The van der Waals surface area contributed by atoms with Crippen molar-refractivity contribution < 1.29 is 0 Å². The van der Waals surface area contributed by atoms with Crippen LogP contribution in [0.25, 0.3) is 0 Å². The number of hydrogen-bond donors (Lipinski definition) is 1. The third-order valence-electron chi connectivity index (χ3n) is 3.99. The first-order chi connectivity index (χ1) is 7.60. The highest BCUT2D eigenvalue weighted by Crippen LogP contribution is 2.18. The van der Waals surface area contributed by atoms with E-state index in [1.54, 1.807) is 0 Å². The Hall–Kier alpha value is -0.120. The van der Waals surface area contributed by atoms with Gasteiger partial charge in [-0.1, -0.05) is 13.8 Å². The fourth-order valence-corrected chi connectivity index (χ4v) is 2.73. The van der Waals surface area contributed by atoms with Gasteiger partial charge in [0.15, 0.2) is 0 Å². The summed E-state index contributed by atoms with van der Waals surface area (Å²) >= 11 is 0. The Bertz CT molecular complexity index is 194. The Labute approximate surface area is 101 Å². The van der Waals surface area contributed by atoms with E-state index in [1.165, 1.54) is 25.9 Å². The number of hydrogen-bond acceptors (Lipinski definition) is 3. The molecular weight excluding hydrogens is 198 g/mol. The minimum absolute atomic E-state index is 0.644. The van der Waals surface area contributed by atoms with Gasteiger partial charge in [-0.15, -0.1) is 0 Å². The first-order valence-electron chi connectivity index (χ1n) is 6.74. The van der Waals surface area contributed by atoms with Gasteiger partial charge in [-0.3, -0.25) is 4.90 Å². The average molecular weight is 227 g/mol. The lowest BCUT2D eigenvalue weighted by molar-refractivity contribution is 0.186. The maximum absolute atomic E-state index is 3.60. The molecule has 1 saturated heterocycles. The third kappa shape index (κ3) is 3.44. The quantitative estimate of drug-likeness (QED) is 0.740. The molecule has 3 unspecified atom stereocenters. The van der Waals surface area contributed by atoms with Gasteiger partial charge in [0.25, 0.3) is 0 Å². The van der Waals surface area contributed by atoms with E-state index in [1.807, 2.05) is 0 Å². The maximum Gasteiger partial charge on any atom is 0.0229 e. The summed E-state index contributed by atoms with van der Waals surface area (Å²) in [4.78, 5) is 5.00. The first-order valence-corrected chi connectivity index (χ1v) is 6.74. The Morgan fingerprint density at radius 3 is 2.50 bits per heavy atom. The van der Waals surface area contributed by atoms with E-state index >= 15 is 0 Å². The van der Waals surface area contributed by atoms with Crippen LogP contribution in [-0.4, -0.2) is 61.7 Å². The first kappa shape index (κ1) is 13.9. The second-order valence-corrected chi connectivity index (χ2v) is 5.21. The Morgan fingerprint density at radius 2 is 2.06 bits per heavy atom. The average Bonchev–Trinajstić information content (AvgIpc) is 2.74. The minimum atomic E-state index is 0.644. The smallest absolute Gasteiger partial charge is 0.0229 e. The van der Waals surface area contributed by atoms with Gasteiger partial charge in [0.05, 0.1) is 0 Å². The Balaban J connectivity index is 2.45. The zero-order valence-electron chi connectivity index (χ0n) is 11.7. The van der Waals surface area contributed by atoms with E-state index < -0.39 is 0 Å². The standard InChI is InChI=1S/C13H29N3/c1-6-13(14-7-2)11(3)16-9-8-12(10-16)15(4)5/h11-14H,6-10H2,1-5H3. The lowest BCUT2D eigenvalue weighted by Crippen LogP contribution is -2.48. The predicted octanol–water partition coefficient (Wildman–Crippen LogP) is 1.40. The second-order valence-electron chi connectivity index (χ2n) is 5.21. The van der Waals surface area contributed by atoms with Crippen LogP contribution in [-0.2, 0) is 0 Å². The van der Waals surface area contributed by atoms with Crippen LogP contribution in [0.5, 0.6) is 0 Å². The molecule has 0 radical (unpaired) electrons. The molecule has 1 fully saturated rings. The predicted molar refractivity (Wildman–Crippen MR) is 70.9 cm³/mol. The highest BCUT2D eigenvalue weighted by Gasteiger charge is 2.30. The van der Waals surface area contributed by atoms with Crippen molar-refractivity contribution in [3.05, 3.63) is 0 Å². The molecule has 3 atom stereocenters. The molecule has 16 heavy (non-hydrogen) atoms. The Kier molecular flexibility index (Phi) is 5.73. The van der Waals surface area contributed by atoms with Gasteiger partial charge in [-0.2, -0.15) is 0 Å². The van der Waals surface area contributed by atoms with Crippen molar-refractivity contribution in [1.29, 1.82) is 0 Å². The van der Waals surface area contributed by atoms with Crippen molar-refractivity contribution in [3.8, 4) is 0 Å². The van der Waals surface area contributed by atoms with Crippen molar-refractivity contribution >= 4 is 0 Å². The zero-order chi connectivity index (χ0) is 12.1. The highest BCUT2D eigenvalue weighted by molar-refractivity contribution is 4.88. The molecule has 96 valence electrons. The molecule has 0 saturated carbocycles. The molecule has 1 heterocycles. The van der Waals surface area contributed by atoms with Gasteiger partial charge in [-0.25, -0.2) is 0 Å². The van der Waals surface area contributed by atoms with Crippen LogP contribution in [0.15, 0.2) is 0 Å². The summed E-state index contributed by atoms with van der Waals surface area (Å²) in [7, 11) is 4.39. The topological polar surface area (TPSA) is 18.5 Å². The van der Waals surface area contributed by atoms with Crippen LogP contribution < -0.4 is 5.32 Å². The van der Waals surface area contributed by atoms with Crippen LogP contribution in [0.1, 0.15) is 33.6 Å². The summed E-state index contributed by atoms with van der Waals surface area (Å²) in [5, 5.41) is 3.60.